The average Bonchev–Trinajstić information content (AvgIpc) is 2.34. The number of hydrogen-bond acceptors (Lipinski definition) is 3. The molecule has 1 aliphatic heterocycles. The van der Waals surface area contributed by atoms with Gasteiger partial charge in [0.15, 0.2) is 0 Å². The summed E-state index contributed by atoms with van der Waals surface area (Å²) in [5, 5.41) is 3.34. The van der Waals surface area contributed by atoms with Crippen molar-refractivity contribution < 1.29 is 4.79 Å². The van der Waals surface area contributed by atoms with Crippen LogP contribution in [0.2, 0.25) is 0 Å². The normalized spacial score (nSPS) is 17.4. The molecule has 1 N–H and O–H groups in total. The largest absolute Gasteiger partial charge is 0.346 e. The van der Waals surface area contributed by atoms with Crippen molar-refractivity contribution in [2.24, 2.45) is 0 Å². The fraction of sp³-hybridized carbons (Fsp3) is 0.917. The highest BCUT2D eigenvalue weighted by molar-refractivity contribution is 5.75. The quantitative estimate of drug-likeness (QED) is 0.673. The molecule has 0 aromatic rings. The van der Waals surface area contributed by atoms with Crippen LogP contribution in [0.25, 0.3) is 0 Å². The molecule has 1 heterocycles. The topological polar surface area (TPSA) is 35.6 Å². The van der Waals surface area contributed by atoms with Gasteiger partial charge in [0.25, 0.3) is 0 Å². The van der Waals surface area contributed by atoms with Crippen LogP contribution in [0.5, 0.6) is 0 Å². The molecule has 4 heteroatoms. The first-order valence-electron chi connectivity index (χ1n) is 6.41. The Labute approximate surface area is 99.0 Å². The average molecular weight is 227 g/mol. The third-order valence-corrected chi connectivity index (χ3v) is 3.22. The second-order valence-corrected chi connectivity index (χ2v) is 4.46. The lowest BCUT2D eigenvalue weighted by molar-refractivity contribution is -0.129. The monoisotopic (exact) mass is 227 g/mol. The molecule has 0 unspecified atom stereocenters. The molecule has 1 rings (SSSR count). The molecule has 1 amide bonds. The van der Waals surface area contributed by atoms with Crippen LogP contribution in [0.4, 0.5) is 0 Å². The van der Waals surface area contributed by atoms with Gasteiger partial charge in [0.1, 0.15) is 0 Å². The summed E-state index contributed by atoms with van der Waals surface area (Å²) in [6, 6.07) is 0. The second kappa shape index (κ2) is 7.63. The van der Waals surface area contributed by atoms with E-state index in [0.717, 1.165) is 52.1 Å². The van der Waals surface area contributed by atoms with Crippen molar-refractivity contribution >= 4 is 5.91 Å². The number of nitrogens with zero attached hydrogens (tertiary/aromatic N) is 2. The van der Waals surface area contributed by atoms with E-state index in [1.165, 1.54) is 0 Å². The zero-order valence-electron chi connectivity index (χ0n) is 10.7. The molecular weight excluding hydrogens is 202 g/mol. The Morgan fingerprint density at radius 1 is 1.31 bits per heavy atom. The fourth-order valence-corrected chi connectivity index (χ4v) is 1.91. The standard InChI is InChI=1S/C12H25N3O/c1-3-14(2)12(16)6-4-5-9-15-10-7-13-8-11-15/h13H,3-11H2,1-2H3. The predicted octanol–water partition coefficient (Wildman–Crippen LogP) is 0.540. The van der Waals surface area contributed by atoms with Crippen molar-refractivity contribution in [2.45, 2.75) is 26.2 Å². The van der Waals surface area contributed by atoms with E-state index in [1.807, 2.05) is 14.0 Å². The molecule has 0 spiro atoms. The number of amides is 1. The van der Waals surface area contributed by atoms with Crippen molar-refractivity contribution in [1.82, 2.24) is 15.1 Å². The van der Waals surface area contributed by atoms with Gasteiger partial charge in [-0.15, -0.1) is 0 Å². The Morgan fingerprint density at radius 3 is 2.62 bits per heavy atom. The van der Waals surface area contributed by atoms with Gasteiger partial charge < -0.3 is 15.1 Å². The Kier molecular flexibility index (Phi) is 6.42. The van der Waals surface area contributed by atoms with Crippen LogP contribution in [-0.4, -0.2) is 62.0 Å². The minimum absolute atomic E-state index is 0.280. The first-order valence-corrected chi connectivity index (χ1v) is 6.41. The third-order valence-electron chi connectivity index (χ3n) is 3.22. The maximum absolute atomic E-state index is 11.5. The van der Waals surface area contributed by atoms with Gasteiger partial charge in [-0.05, 0) is 26.3 Å². The van der Waals surface area contributed by atoms with Crippen molar-refractivity contribution in [3.05, 3.63) is 0 Å². The molecule has 4 nitrogen and oxygen atoms in total. The highest BCUT2D eigenvalue weighted by Gasteiger charge is 2.09. The van der Waals surface area contributed by atoms with E-state index in [0.29, 0.717) is 6.42 Å². The van der Waals surface area contributed by atoms with Crippen LogP contribution in [0.3, 0.4) is 0 Å². The number of nitrogens with one attached hydrogen (secondary N) is 1. The number of hydrogen-bond donors (Lipinski definition) is 1. The zero-order chi connectivity index (χ0) is 11.8. The Bertz CT molecular complexity index is 202. The van der Waals surface area contributed by atoms with Gasteiger partial charge in [0.2, 0.25) is 5.91 Å². The molecule has 1 fully saturated rings. The second-order valence-electron chi connectivity index (χ2n) is 4.46. The summed E-state index contributed by atoms with van der Waals surface area (Å²) >= 11 is 0. The van der Waals surface area contributed by atoms with Crippen LogP contribution in [0, 0.1) is 0 Å². The van der Waals surface area contributed by atoms with Crippen LogP contribution in [-0.2, 0) is 4.79 Å². The third kappa shape index (κ3) is 4.94. The first-order chi connectivity index (χ1) is 7.74. The first kappa shape index (κ1) is 13.5. The fourth-order valence-electron chi connectivity index (χ4n) is 1.91. The van der Waals surface area contributed by atoms with Gasteiger partial charge in [-0.3, -0.25) is 4.79 Å². The molecule has 0 bridgehead atoms. The molecule has 0 aliphatic carbocycles. The summed E-state index contributed by atoms with van der Waals surface area (Å²) in [4.78, 5) is 15.8. The predicted molar refractivity (Wildman–Crippen MR) is 66.5 cm³/mol. The Balaban J connectivity index is 2.00. The molecule has 1 aliphatic rings. The van der Waals surface area contributed by atoms with E-state index >= 15 is 0 Å². The van der Waals surface area contributed by atoms with Gasteiger partial charge in [0.05, 0.1) is 0 Å². The molecule has 0 aromatic carbocycles. The lowest BCUT2D eigenvalue weighted by atomic mass is 10.2. The van der Waals surface area contributed by atoms with E-state index < -0.39 is 0 Å². The molecule has 0 atom stereocenters. The molecule has 94 valence electrons. The molecule has 0 aromatic heterocycles. The summed E-state index contributed by atoms with van der Waals surface area (Å²) in [5.74, 6) is 0.280. The number of unbranched alkanes of at least 4 members (excludes halogenated alkanes) is 1. The van der Waals surface area contributed by atoms with Gasteiger partial charge >= 0.3 is 0 Å². The van der Waals surface area contributed by atoms with Crippen molar-refractivity contribution in [1.29, 1.82) is 0 Å². The lowest BCUT2D eigenvalue weighted by Crippen LogP contribution is -2.43. The Morgan fingerprint density at radius 2 is 2.00 bits per heavy atom. The van der Waals surface area contributed by atoms with Gasteiger partial charge in [-0.1, -0.05) is 0 Å². The summed E-state index contributed by atoms with van der Waals surface area (Å²) in [5.41, 5.74) is 0. The van der Waals surface area contributed by atoms with E-state index in [-0.39, 0.29) is 5.91 Å². The molecule has 1 saturated heterocycles. The highest BCUT2D eigenvalue weighted by atomic mass is 16.2. The van der Waals surface area contributed by atoms with Crippen molar-refractivity contribution in [3.8, 4) is 0 Å². The molecular formula is C12H25N3O. The van der Waals surface area contributed by atoms with Gasteiger partial charge in [0, 0.05) is 46.2 Å². The van der Waals surface area contributed by atoms with Crippen LogP contribution in [0.15, 0.2) is 0 Å². The van der Waals surface area contributed by atoms with E-state index in [2.05, 4.69) is 10.2 Å². The van der Waals surface area contributed by atoms with Crippen LogP contribution >= 0.6 is 0 Å². The molecule has 0 saturated carbocycles. The SMILES string of the molecule is CCN(C)C(=O)CCCCN1CCNCC1. The number of carbonyl (C=O) groups is 1. The number of carbonyl (C=O) groups excluding carboxylic acids is 1. The maximum atomic E-state index is 11.5. The van der Waals surface area contributed by atoms with Gasteiger partial charge in [-0.2, -0.15) is 0 Å². The summed E-state index contributed by atoms with van der Waals surface area (Å²) < 4.78 is 0. The smallest absolute Gasteiger partial charge is 0.222 e. The molecule has 0 radical (unpaired) electrons. The summed E-state index contributed by atoms with van der Waals surface area (Å²) in [6.45, 7) is 8.50. The zero-order valence-corrected chi connectivity index (χ0v) is 10.7. The minimum atomic E-state index is 0.280. The lowest BCUT2D eigenvalue weighted by Gasteiger charge is -2.27. The van der Waals surface area contributed by atoms with Crippen LogP contribution < -0.4 is 5.32 Å². The van der Waals surface area contributed by atoms with Gasteiger partial charge in [-0.25, -0.2) is 0 Å². The van der Waals surface area contributed by atoms with E-state index in [9.17, 15) is 4.79 Å². The highest BCUT2D eigenvalue weighted by Crippen LogP contribution is 2.02. The maximum Gasteiger partial charge on any atom is 0.222 e. The van der Waals surface area contributed by atoms with Crippen molar-refractivity contribution in [2.75, 3.05) is 46.3 Å². The number of rotatable bonds is 6. The van der Waals surface area contributed by atoms with E-state index in [1.54, 1.807) is 4.90 Å². The van der Waals surface area contributed by atoms with Crippen LogP contribution in [0.1, 0.15) is 26.2 Å². The number of piperazine rings is 1. The molecule has 16 heavy (non-hydrogen) atoms. The van der Waals surface area contributed by atoms with E-state index in [4.69, 9.17) is 0 Å². The minimum Gasteiger partial charge on any atom is -0.346 e. The Hall–Kier alpha value is -0.610. The summed E-state index contributed by atoms with van der Waals surface area (Å²) in [6.07, 6.45) is 2.87. The summed E-state index contributed by atoms with van der Waals surface area (Å²) in [7, 11) is 1.87. The van der Waals surface area contributed by atoms with Crippen molar-refractivity contribution in [3.63, 3.8) is 0 Å².